The van der Waals surface area contributed by atoms with E-state index in [1.54, 1.807) is 13.8 Å². The minimum Gasteiger partial charge on any atom is -0.508 e. The molecule has 6 heteroatoms. The Morgan fingerprint density at radius 3 is 2.47 bits per heavy atom. The predicted molar refractivity (Wildman–Crippen MR) is 64.2 cm³/mol. The highest BCUT2D eigenvalue weighted by Crippen LogP contribution is 2.39. The summed E-state index contributed by atoms with van der Waals surface area (Å²) >= 11 is 3.25. The fourth-order valence-electron chi connectivity index (χ4n) is 1.65. The highest BCUT2D eigenvalue weighted by Gasteiger charge is 2.39. The summed E-state index contributed by atoms with van der Waals surface area (Å²) in [6.07, 6.45) is 0. The molecule has 3 nitrogen and oxygen atoms in total. The second-order valence-electron chi connectivity index (χ2n) is 3.96. The normalized spacial score (nSPS) is 13.8. The van der Waals surface area contributed by atoms with Crippen LogP contribution in [-0.2, 0) is 0 Å². The molecule has 0 spiro atoms. The number of aliphatic hydroxyl groups excluding tert-OH is 1. The summed E-state index contributed by atoms with van der Waals surface area (Å²) in [6.45, 7) is 1.95. The molecule has 0 bridgehead atoms. The first-order chi connectivity index (χ1) is 7.72. The molecule has 17 heavy (non-hydrogen) atoms. The van der Waals surface area contributed by atoms with Crippen LogP contribution in [0.25, 0.3) is 0 Å². The van der Waals surface area contributed by atoms with Crippen molar-refractivity contribution in [3.05, 3.63) is 27.2 Å². The molecule has 0 radical (unpaired) electrons. The van der Waals surface area contributed by atoms with Crippen LogP contribution in [-0.4, -0.2) is 22.7 Å². The molecule has 0 heterocycles. The molecule has 0 aliphatic rings. The van der Waals surface area contributed by atoms with E-state index in [0.29, 0.717) is 10.0 Å². The van der Waals surface area contributed by atoms with Gasteiger partial charge in [-0.3, -0.25) is 0 Å². The van der Waals surface area contributed by atoms with E-state index in [9.17, 15) is 13.9 Å². The van der Waals surface area contributed by atoms with Crippen molar-refractivity contribution in [2.45, 2.75) is 25.8 Å². The number of hydrogen-bond donors (Lipinski definition) is 3. The molecule has 0 fully saturated rings. The lowest BCUT2D eigenvalue weighted by molar-refractivity contribution is -0.0717. The molecular formula is C11H14BrF2NO2. The summed E-state index contributed by atoms with van der Waals surface area (Å²) in [5.41, 5.74) is 6.53. The number of aromatic hydroxyl groups is 1. The molecule has 1 aromatic rings. The zero-order valence-electron chi connectivity index (χ0n) is 9.47. The van der Waals surface area contributed by atoms with Crippen molar-refractivity contribution >= 4 is 15.9 Å². The van der Waals surface area contributed by atoms with Crippen molar-refractivity contribution < 1.29 is 19.0 Å². The monoisotopic (exact) mass is 309 g/mol. The summed E-state index contributed by atoms with van der Waals surface area (Å²) in [5.74, 6) is -3.76. The van der Waals surface area contributed by atoms with Gasteiger partial charge in [0.25, 0.3) is 5.92 Å². The molecule has 0 unspecified atom stereocenters. The number of halogens is 3. The first-order valence-electron chi connectivity index (χ1n) is 4.95. The largest absolute Gasteiger partial charge is 0.508 e. The van der Waals surface area contributed by atoms with Gasteiger partial charge >= 0.3 is 0 Å². The van der Waals surface area contributed by atoms with Crippen LogP contribution in [0, 0.1) is 13.8 Å². The SMILES string of the molecule is Cc1cc(O)c([C@H](N)C(F)(F)CO)c(C)c1Br. The number of rotatable bonds is 3. The van der Waals surface area contributed by atoms with Gasteiger partial charge in [0.05, 0.1) is 0 Å². The van der Waals surface area contributed by atoms with E-state index < -0.39 is 18.6 Å². The fourth-order valence-corrected chi connectivity index (χ4v) is 1.98. The predicted octanol–water partition coefficient (Wildman–Crippen LogP) is 2.40. The third-order valence-electron chi connectivity index (χ3n) is 2.69. The molecule has 4 N–H and O–H groups in total. The van der Waals surface area contributed by atoms with Gasteiger partial charge in [-0.05, 0) is 31.0 Å². The number of benzene rings is 1. The molecule has 0 amide bonds. The van der Waals surface area contributed by atoms with E-state index in [0.717, 1.165) is 5.56 Å². The van der Waals surface area contributed by atoms with Gasteiger partial charge in [-0.2, -0.15) is 0 Å². The Labute approximate surface area is 106 Å². The lowest BCUT2D eigenvalue weighted by atomic mass is 9.94. The second-order valence-corrected chi connectivity index (χ2v) is 4.76. The first kappa shape index (κ1) is 14.3. The lowest BCUT2D eigenvalue weighted by Gasteiger charge is -2.25. The summed E-state index contributed by atoms with van der Waals surface area (Å²) in [5, 5.41) is 18.3. The van der Waals surface area contributed by atoms with Crippen molar-refractivity contribution in [1.82, 2.24) is 0 Å². The molecule has 1 rings (SSSR count). The van der Waals surface area contributed by atoms with E-state index in [1.165, 1.54) is 6.07 Å². The van der Waals surface area contributed by atoms with Crippen molar-refractivity contribution in [2.75, 3.05) is 6.61 Å². The minimum atomic E-state index is -3.48. The Kier molecular flexibility index (Phi) is 4.11. The molecule has 0 aromatic heterocycles. The van der Waals surface area contributed by atoms with Gasteiger partial charge in [0, 0.05) is 10.0 Å². The lowest BCUT2D eigenvalue weighted by Crippen LogP contribution is -2.36. The summed E-state index contributed by atoms with van der Waals surface area (Å²) < 4.78 is 27.3. The number of aliphatic hydroxyl groups is 1. The highest BCUT2D eigenvalue weighted by atomic mass is 79.9. The zero-order chi connectivity index (χ0) is 13.4. The zero-order valence-corrected chi connectivity index (χ0v) is 11.1. The van der Waals surface area contributed by atoms with E-state index in [4.69, 9.17) is 10.8 Å². The molecular weight excluding hydrogens is 296 g/mol. The highest BCUT2D eigenvalue weighted by molar-refractivity contribution is 9.10. The minimum absolute atomic E-state index is 0.0541. The second kappa shape index (κ2) is 4.88. The van der Waals surface area contributed by atoms with Crippen LogP contribution in [0.15, 0.2) is 10.5 Å². The van der Waals surface area contributed by atoms with Gasteiger partial charge in [0.1, 0.15) is 18.4 Å². The molecule has 96 valence electrons. The smallest absolute Gasteiger partial charge is 0.289 e. The number of nitrogens with two attached hydrogens (primary N) is 1. The first-order valence-corrected chi connectivity index (χ1v) is 5.74. The van der Waals surface area contributed by atoms with E-state index >= 15 is 0 Å². The molecule has 0 saturated heterocycles. The van der Waals surface area contributed by atoms with Crippen LogP contribution in [0.4, 0.5) is 8.78 Å². The number of aryl methyl sites for hydroxylation is 1. The number of alkyl halides is 2. The fraction of sp³-hybridized carbons (Fsp3) is 0.455. The van der Waals surface area contributed by atoms with Crippen molar-refractivity contribution in [1.29, 1.82) is 0 Å². The van der Waals surface area contributed by atoms with E-state index in [-0.39, 0.29) is 11.3 Å². The maximum atomic E-state index is 13.3. The van der Waals surface area contributed by atoms with E-state index in [1.807, 2.05) is 0 Å². The third kappa shape index (κ3) is 2.59. The molecule has 0 aliphatic carbocycles. The van der Waals surface area contributed by atoms with Gasteiger partial charge < -0.3 is 15.9 Å². The van der Waals surface area contributed by atoms with Gasteiger partial charge in [-0.15, -0.1) is 0 Å². The van der Waals surface area contributed by atoms with Crippen LogP contribution >= 0.6 is 15.9 Å². The third-order valence-corrected chi connectivity index (χ3v) is 3.91. The maximum absolute atomic E-state index is 13.3. The average Bonchev–Trinajstić information content (AvgIpc) is 2.26. The Morgan fingerprint density at radius 2 is 2.00 bits per heavy atom. The van der Waals surface area contributed by atoms with Gasteiger partial charge in [0.2, 0.25) is 0 Å². The van der Waals surface area contributed by atoms with Crippen LogP contribution in [0.2, 0.25) is 0 Å². The van der Waals surface area contributed by atoms with Gasteiger partial charge in [-0.1, -0.05) is 15.9 Å². The van der Waals surface area contributed by atoms with Crippen molar-refractivity contribution in [3.8, 4) is 5.75 Å². The molecule has 0 saturated carbocycles. The molecule has 1 aromatic carbocycles. The van der Waals surface area contributed by atoms with Crippen LogP contribution in [0.3, 0.4) is 0 Å². The number of phenols is 1. The van der Waals surface area contributed by atoms with Gasteiger partial charge in [0.15, 0.2) is 0 Å². The van der Waals surface area contributed by atoms with Crippen molar-refractivity contribution in [3.63, 3.8) is 0 Å². The van der Waals surface area contributed by atoms with Crippen LogP contribution in [0.1, 0.15) is 22.7 Å². The van der Waals surface area contributed by atoms with E-state index in [2.05, 4.69) is 15.9 Å². The topological polar surface area (TPSA) is 66.5 Å². The molecule has 1 atom stereocenters. The Hall–Kier alpha value is -0.720. The van der Waals surface area contributed by atoms with Crippen molar-refractivity contribution in [2.24, 2.45) is 5.73 Å². The quantitative estimate of drug-likeness (QED) is 0.803. The average molecular weight is 310 g/mol. The number of phenolic OH excluding ortho intramolecular Hbond substituents is 1. The van der Waals surface area contributed by atoms with Crippen LogP contribution < -0.4 is 5.73 Å². The summed E-state index contributed by atoms with van der Waals surface area (Å²) in [4.78, 5) is 0. The summed E-state index contributed by atoms with van der Waals surface area (Å²) in [6, 6.07) is -0.385. The van der Waals surface area contributed by atoms with Gasteiger partial charge in [-0.25, -0.2) is 8.78 Å². The van der Waals surface area contributed by atoms with Crippen LogP contribution in [0.5, 0.6) is 5.75 Å². The summed E-state index contributed by atoms with van der Waals surface area (Å²) in [7, 11) is 0. The Bertz CT molecular complexity index is 438. The Balaban J connectivity index is 3.37. The Morgan fingerprint density at radius 1 is 1.47 bits per heavy atom. The standard InChI is InChI=1S/C11H14BrF2NO2/c1-5-3-7(17)8(6(2)9(5)12)10(15)11(13,14)4-16/h3,10,16-17H,4,15H2,1-2H3/t10-/m0/s1. The maximum Gasteiger partial charge on any atom is 0.289 e. The molecule has 0 aliphatic heterocycles. The number of hydrogen-bond acceptors (Lipinski definition) is 3.